The average molecular weight is 261 g/mol. The van der Waals surface area contributed by atoms with E-state index in [0.717, 1.165) is 24.0 Å². The zero-order chi connectivity index (χ0) is 14.0. The zero-order valence-corrected chi connectivity index (χ0v) is 11.3. The van der Waals surface area contributed by atoms with Crippen LogP contribution in [0.25, 0.3) is 0 Å². The van der Waals surface area contributed by atoms with E-state index in [4.69, 9.17) is 0 Å². The first kappa shape index (κ1) is 13.6. The summed E-state index contributed by atoms with van der Waals surface area (Å²) in [6.07, 6.45) is 2.12. The lowest BCUT2D eigenvalue weighted by atomic mass is 9.81. The molecule has 0 radical (unpaired) electrons. The van der Waals surface area contributed by atoms with Crippen molar-refractivity contribution < 1.29 is 14.7 Å². The van der Waals surface area contributed by atoms with Crippen LogP contribution in [0.1, 0.15) is 30.9 Å². The van der Waals surface area contributed by atoms with Crippen LogP contribution in [0.2, 0.25) is 0 Å². The van der Waals surface area contributed by atoms with Crippen molar-refractivity contribution >= 4 is 11.9 Å². The Bertz CT molecular complexity index is 508. The van der Waals surface area contributed by atoms with Crippen LogP contribution in [0.15, 0.2) is 24.3 Å². The fourth-order valence-electron chi connectivity index (χ4n) is 2.01. The Morgan fingerprint density at radius 3 is 2.53 bits per heavy atom. The van der Waals surface area contributed by atoms with Crippen molar-refractivity contribution in [2.75, 3.05) is 0 Å². The van der Waals surface area contributed by atoms with Gasteiger partial charge >= 0.3 is 5.97 Å². The van der Waals surface area contributed by atoms with Gasteiger partial charge in [0, 0.05) is 6.04 Å². The summed E-state index contributed by atoms with van der Waals surface area (Å²) >= 11 is 0. The Morgan fingerprint density at radius 1 is 1.37 bits per heavy atom. The predicted octanol–water partition coefficient (Wildman–Crippen LogP) is 1.91. The minimum Gasteiger partial charge on any atom is -0.480 e. The zero-order valence-electron chi connectivity index (χ0n) is 11.3. The third kappa shape index (κ3) is 2.95. The van der Waals surface area contributed by atoms with Crippen molar-refractivity contribution in [2.24, 2.45) is 5.41 Å². The monoisotopic (exact) mass is 261 g/mol. The van der Waals surface area contributed by atoms with Gasteiger partial charge in [0.1, 0.15) is 5.41 Å². The van der Waals surface area contributed by atoms with Gasteiger partial charge in [0.15, 0.2) is 0 Å². The van der Waals surface area contributed by atoms with E-state index >= 15 is 0 Å². The number of aliphatic carboxylic acids is 1. The van der Waals surface area contributed by atoms with Gasteiger partial charge in [0.05, 0.1) is 0 Å². The van der Waals surface area contributed by atoms with Crippen molar-refractivity contribution in [1.29, 1.82) is 0 Å². The van der Waals surface area contributed by atoms with Gasteiger partial charge in [0.25, 0.3) is 0 Å². The molecule has 0 heterocycles. The summed E-state index contributed by atoms with van der Waals surface area (Å²) in [6.45, 7) is 3.43. The Morgan fingerprint density at radius 2 is 2.00 bits per heavy atom. The molecular weight excluding hydrogens is 242 g/mol. The molecule has 1 fully saturated rings. The van der Waals surface area contributed by atoms with Crippen LogP contribution >= 0.6 is 0 Å². The maximum atomic E-state index is 12.2. The molecule has 1 unspecified atom stereocenters. The molecular formula is C15H19NO3. The molecule has 19 heavy (non-hydrogen) atoms. The third-order valence-electron chi connectivity index (χ3n) is 3.69. The van der Waals surface area contributed by atoms with Gasteiger partial charge in [-0.1, -0.05) is 24.3 Å². The SMILES string of the molecule is Cc1ccccc1CC(C)(C(=O)O)C(=O)NC1CC1. The fraction of sp³-hybridized carbons (Fsp3) is 0.467. The summed E-state index contributed by atoms with van der Waals surface area (Å²) in [5, 5.41) is 12.2. The number of hydrogen-bond donors (Lipinski definition) is 2. The van der Waals surface area contributed by atoms with Crippen LogP contribution < -0.4 is 5.32 Å². The van der Waals surface area contributed by atoms with E-state index in [0.29, 0.717) is 0 Å². The second-order valence-electron chi connectivity index (χ2n) is 5.49. The van der Waals surface area contributed by atoms with E-state index in [1.165, 1.54) is 6.92 Å². The molecule has 1 saturated carbocycles. The first-order valence-corrected chi connectivity index (χ1v) is 6.52. The van der Waals surface area contributed by atoms with Crippen molar-refractivity contribution in [3.63, 3.8) is 0 Å². The van der Waals surface area contributed by atoms with Crippen molar-refractivity contribution in [3.05, 3.63) is 35.4 Å². The summed E-state index contributed by atoms with van der Waals surface area (Å²) in [7, 11) is 0. The summed E-state index contributed by atoms with van der Waals surface area (Å²) < 4.78 is 0. The Kier molecular flexibility index (Phi) is 3.60. The quantitative estimate of drug-likeness (QED) is 0.796. The molecule has 2 rings (SSSR count). The molecule has 0 saturated heterocycles. The van der Waals surface area contributed by atoms with Gasteiger partial charge < -0.3 is 10.4 Å². The van der Waals surface area contributed by atoms with Gasteiger partial charge in [-0.2, -0.15) is 0 Å². The highest BCUT2D eigenvalue weighted by atomic mass is 16.4. The molecule has 1 atom stereocenters. The molecule has 0 aliphatic heterocycles. The lowest BCUT2D eigenvalue weighted by Crippen LogP contribution is -2.46. The number of carboxylic acids is 1. The second-order valence-corrected chi connectivity index (χ2v) is 5.49. The molecule has 1 aliphatic rings. The molecule has 0 spiro atoms. The minimum absolute atomic E-state index is 0.169. The number of carbonyl (C=O) groups excluding carboxylic acids is 1. The first-order chi connectivity index (χ1) is 8.93. The maximum absolute atomic E-state index is 12.2. The number of nitrogens with one attached hydrogen (secondary N) is 1. The number of benzene rings is 1. The lowest BCUT2D eigenvalue weighted by molar-refractivity contribution is -0.154. The molecule has 1 aliphatic carbocycles. The first-order valence-electron chi connectivity index (χ1n) is 6.52. The van der Waals surface area contributed by atoms with Crippen molar-refractivity contribution in [2.45, 2.75) is 39.2 Å². The van der Waals surface area contributed by atoms with Crippen LogP contribution in [-0.4, -0.2) is 23.0 Å². The van der Waals surface area contributed by atoms with E-state index < -0.39 is 11.4 Å². The van der Waals surface area contributed by atoms with Crippen LogP contribution in [0.5, 0.6) is 0 Å². The molecule has 102 valence electrons. The summed E-state index contributed by atoms with van der Waals surface area (Å²) in [5.74, 6) is -1.46. The van der Waals surface area contributed by atoms with E-state index in [2.05, 4.69) is 5.32 Å². The average Bonchev–Trinajstić information content (AvgIpc) is 3.15. The van der Waals surface area contributed by atoms with E-state index in [-0.39, 0.29) is 18.4 Å². The normalized spacial score (nSPS) is 17.6. The van der Waals surface area contributed by atoms with Gasteiger partial charge in [-0.05, 0) is 44.2 Å². The van der Waals surface area contributed by atoms with Crippen molar-refractivity contribution in [1.82, 2.24) is 5.32 Å². The molecule has 1 aromatic carbocycles. The Balaban J connectivity index is 2.21. The predicted molar refractivity (Wildman–Crippen MR) is 71.8 cm³/mol. The summed E-state index contributed by atoms with van der Waals surface area (Å²) in [6, 6.07) is 7.74. The topological polar surface area (TPSA) is 66.4 Å². The highest BCUT2D eigenvalue weighted by molar-refractivity contribution is 6.02. The van der Waals surface area contributed by atoms with Crippen LogP contribution in [0.3, 0.4) is 0 Å². The second kappa shape index (κ2) is 5.03. The molecule has 1 aromatic rings. The number of carboxylic acid groups (broad SMARTS) is 1. The summed E-state index contributed by atoms with van der Waals surface area (Å²) in [4.78, 5) is 23.7. The highest BCUT2D eigenvalue weighted by Crippen LogP contribution is 2.28. The number of hydrogen-bond acceptors (Lipinski definition) is 2. The standard InChI is InChI=1S/C15H19NO3/c1-10-5-3-4-6-11(10)9-15(2,14(18)19)13(17)16-12-7-8-12/h3-6,12H,7-9H2,1-2H3,(H,16,17)(H,18,19). The van der Waals surface area contributed by atoms with E-state index in [1.807, 2.05) is 31.2 Å². The number of carbonyl (C=O) groups is 2. The van der Waals surface area contributed by atoms with Crippen LogP contribution in [-0.2, 0) is 16.0 Å². The van der Waals surface area contributed by atoms with Crippen molar-refractivity contribution in [3.8, 4) is 0 Å². The molecule has 0 aromatic heterocycles. The number of aryl methyl sites for hydroxylation is 1. The third-order valence-corrected chi connectivity index (χ3v) is 3.69. The summed E-state index contributed by atoms with van der Waals surface area (Å²) in [5.41, 5.74) is 0.502. The highest BCUT2D eigenvalue weighted by Gasteiger charge is 2.43. The largest absolute Gasteiger partial charge is 0.480 e. The Hall–Kier alpha value is -1.84. The number of rotatable bonds is 5. The smallest absolute Gasteiger partial charge is 0.319 e. The van der Waals surface area contributed by atoms with Crippen LogP contribution in [0, 0.1) is 12.3 Å². The van der Waals surface area contributed by atoms with Gasteiger partial charge in [-0.3, -0.25) is 9.59 Å². The Labute approximate surface area is 112 Å². The molecule has 4 nitrogen and oxygen atoms in total. The van der Waals surface area contributed by atoms with Gasteiger partial charge in [0.2, 0.25) is 5.91 Å². The van der Waals surface area contributed by atoms with E-state index in [1.54, 1.807) is 0 Å². The molecule has 2 N–H and O–H groups in total. The van der Waals surface area contributed by atoms with Gasteiger partial charge in [-0.25, -0.2) is 0 Å². The molecule has 4 heteroatoms. The molecule has 0 bridgehead atoms. The van der Waals surface area contributed by atoms with Crippen LogP contribution in [0.4, 0.5) is 0 Å². The number of amides is 1. The molecule has 1 amide bonds. The minimum atomic E-state index is -1.41. The maximum Gasteiger partial charge on any atom is 0.319 e. The lowest BCUT2D eigenvalue weighted by Gasteiger charge is -2.24. The fourth-order valence-corrected chi connectivity index (χ4v) is 2.01. The van der Waals surface area contributed by atoms with E-state index in [9.17, 15) is 14.7 Å². The van der Waals surface area contributed by atoms with Gasteiger partial charge in [-0.15, -0.1) is 0 Å².